The van der Waals surface area contributed by atoms with E-state index in [1.165, 1.54) is 14.1 Å². The van der Waals surface area contributed by atoms with Crippen molar-refractivity contribution in [1.82, 2.24) is 14.1 Å². The maximum Gasteiger partial charge on any atom is 0.410 e. The molecule has 2 heterocycles. The molecule has 1 aliphatic heterocycles. The second kappa shape index (κ2) is 9.17. The molecular weight excluding hydrogens is 474 g/mol. The van der Waals surface area contributed by atoms with Crippen molar-refractivity contribution in [3.63, 3.8) is 0 Å². The van der Waals surface area contributed by atoms with Crippen LogP contribution in [-0.4, -0.2) is 79.9 Å². The second-order valence-corrected chi connectivity index (χ2v) is 12.6. The lowest BCUT2D eigenvalue weighted by Crippen LogP contribution is -2.58. The van der Waals surface area contributed by atoms with Crippen LogP contribution in [0.4, 0.5) is 4.79 Å². The van der Waals surface area contributed by atoms with Crippen LogP contribution in [0.3, 0.4) is 0 Å². The zero-order valence-electron chi connectivity index (χ0n) is 18.8. The van der Waals surface area contributed by atoms with E-state index >= 15 is 0 Å². The van der Waals surface area contributed by atoms with Crippen LogP contribution < -0.4 is 0 Å². The lowest BCUT2D eigenvalue weighted by Gasteiger charge is -2.41. The minimum Gasteiger partial charge on any atom is -0.444 e. The number of carbonyl (C=O) groups excluding carboxylic acids is 2. The van der Waals surface area contributed by atoms with Crippen molar-refractivity contribution in [2.24, 2.45) is 0 Å². The van der Waals surface area contributed by atoms with Gasteiger partial charge in [0, 0.05) is 49.9 Å². The fourth-order valence-electron chi connectivity index (χ4n) is 3.40. The summed E-state index contributed by atoms with van der Waals surface area (Å²) in [5.74, 6) is -0.195. The zero-order valence-corrected chi connectivity index (χ0v) is 21.2. The normalized spacial score (nSPS) is 18.1. The van der Waals surface area contributed by atoms with Crippen LogP contribution in [0.2, 0.25) is 5.02 Å². The summed E-state index contributed by atoms with van der Waals surface area (Å²) in [6, 6.07) is 6.24. The van der Waals surface area contributed by atoms with Gasteiger partial charge in [0.05, 0.1) is 6.04 Å². The molecule has 0 saturated carbocycles. The van der Waals surface area contributed by atoms with Gasteiger partial charge in [-0.3, -0.25) is 4.79 Å². The average Bonchev–Trinajstić information content (AvgIpc) is 3.10. The molecule has 0 aliphatic carbocycles. The number of hydrogen-bond donors (Lipinski definition) is 0. The molecule has 0 spiro atoms. The van der Waals surface area contributed by atoms with E-state index in [1.807, 2.05) is 0 Å². The van der Waals surface area contributed by atoms with E-state index in [2.05, 4.69) is 0 Å². The van der Waals surface area contributed by atoms with Crippen molar-refractivity contribution >= 4 is 55.0 Å². The molecule has 1 atom stereocenters. The van der Waals surface area contributed by atoms with Crippen molar-refractivity contribution in [3.8, 4) is 0 Å². The third-order valence-corrected chi connectivity index (χ3v) is 8.68. The number of carbonyl (C=O) groups is 2. The first-order valence-corrected chi connectivity index (χ1v) is 12.8. The van der Waals surface area contributed by atoms with Gasteiger partial charge in [-0.15, -0.1) is 11.3 Å². The minimum absolute atomic E-state index is 0.000285. The van der Waals surface area contributed by atoms with Crippen molar-refractivity contribution in [3.05, 3.63) is 29.3 Å². The Bertz CT molecular complexity index is 1120. The molecule has 1 aromatic carbocycles. The highest BCUT2D eigenvalue weighted by atomic mass is 35.5. The summed E-state index contributed by atoms with van der Waals surface area (Å²) in [6.45, 7) is 5.55. The minimum atomic E-state index is -3.80. The quantitative estimate of drug-likeness (QED) is 0.638. The maximum atomic E-state index is 13.4. The number of benzene rings is 1. The number of piperazine rings is 1. The lowest BCUT2D eigenvalue weighted by molar-refractivity contribution is -0.130. The second-order valence-electron chi connectivity index (χ2n) is 8.93. The number of hydrogen-bond acceptors (Lipinski definition) is 6. The van der Waals surface area contributed by atoms with E-state index in [0.717, 1.165) is 21.4 Å². The molecular formula is C21H28ClN3O5S2. The van der Waals surface area contributed by atoms with Crippen LogP contribution >= 0.6 is 22.9 Å². The van der Waals surface area contributed by atoms with Crippen LogP contribution in [0.5, 0.6) is 0 Å². The highest BCUT2D eigenvalue weighted by Crippen LogP contribution is 2.33. The summed E-state index contributed by atoms with van der Waals surface area (Å²) in [5.41, 5.74) is -0.700. The number of nitrogens with zero attached hydrogens (tertiary/aromatic N) is 3. The highest BCUT2D eigenvalue weighted by molar-refractivity contribution is 7.91. The van der Waals surface area contributed by atoms with Crippen molar-refractivity contribution < 1.29 is 22.7 Å². The van der Waals surface area contributed by atoms with Gasteiger partial charge in [0.25, 0.3) is 10.0 Å². The Hall–Kier alpha value is -1.88. The van der Waals surface area contributed by atoms with E-state index in [-0.39, 0.29) is 36.2 Å². The van der Waals surface area contributed by atoms with Gasteiger partial charge in [-0.2, -0.15) is 4.31 Å². The molecule has 2 aromatic rings. The first-order valence-electron chi connectivity index (χ1n) is 10.2. The number of thiophene rings is 1. The lowest BCUT2D eigenvalue weighted by atomic mass is 10.1. The molecule has 0 N–H and O–H groups in total. The fraction of sp³-hybridized carbons (Fsp3) is 0.524. The van der Waals surface area contributed by atoms with Crippen molar-refractivity contribution in [1.29, 1.82) is 0 Å². The highest BCUT2D eigenvalue weighted by Gasteiger charge is 2.39. The van der Waals surface area contributed by atoms with Gasteiger partial charge in [-0.1, -0.05) is 17.7 Å². The van der Waals surface area contributed by atoms with E-state index < -0.39 is 27.8 Å². The van der Waals surface area contributed by atoms with Gasteiger partial charge >= 0.3 is 6.09 Å². The molecule has 1 aliphatic rings. The van der Waals surface area contributed by atoms with Crippen LogP contribution in [-0.2, 0) is 19.6 Å². The predicted octanol–water partition coefficient (Wildman–Crippen LogP) is 3.64. The Kier molecular flexibility index (Phi) is 7.09. The number of fused-ring (bicyclic) bond motifs is 1. The summed E-state index contributed by atoms with van der Waals surface area (Å²) in [5, 5.41) is 1.33. The van der Waals surface area contributed by atoms with Gasteiger partial charge in [0.1, 0.15) is 9.81 Å². The Balaban J connectivity index is 1.87. The monoisotopic (exact) mass is 501 g/mol. The van der Waals surface area contributed by atoms with Gasteiger partial charge in [-0.05, 0) is 44.4 Å². The zero-order chi connectivity index (χ0) is 23.8. The van der Waals surface area contributed by atoms with Crippen LogP contribution in [0.1, 0.15) is 27.2 Å². The number of amides is 2. The maximum absolute atomic E-state index is 13.4. The average molecular weight is 502 g/mol. The van der Waals surface area contributed by atoms with Gasteiger partial charge < -0.3 is 14.5 Å². The third kappa shape index (κ3) is 5.54. The van der Waals surface area contributed by atoms with Crippen LogP contribution in [0, 0.1) is 0 Å². The molecule has 11 heteroatoms. The number of halogens is 1. The molecule has 1 unspecified atom stereocenters. The fourth-order valence-corrected chi connectivity index (χ4v) is 6.70. The number of ether oxygens (including phenoxy) is 1. The SMILES string of the molecule is CN(C)C(=O)CC1CN(S(=O)(=O)c2cc3ccc(Cl)cc3s2)CCN1C(=O)OC(C)(C)C. The first kappa shape index (κ1) is 24.8. The Morgan fingerprint density at radius 1 is 1.22 bits per heavy atom. The standard InChI is InChI=1S/C21H28ClN3O5S2/c1-21(2,3)30-20(27)25-9-8-24(13-16(25)12-18(26)23(4)5)32(28,29)19-10-14-6-7-15(22)11-17(14)31-19/h6-7,10-11,16H,8-9,12-13H2,1-5H3. The van der Waals surface area contributed by atoms with E-state index in [4.69, 9.17) is 16.3 Å². The summed E-state index contributed by atoms with van der Waals surface area (Å²) in [6.07, 6.45) is -0.553. The smallest absolute Gasteiger partial charge is 0.410 e. The van der Waals surface area contributed by atoms with Gasteiger partial charge in [0.2, 0.25) is 5.91 Å². The first-order chi connectivity index (χ1) is 14.8. The Labute approximate surface area is 197 Å². The molecule has 176 valence electrons. The van der Waals surface area contributed by atoms with Crippen LogP contribution in [0.15, 0.2) is 28.5 Å². The van der Waals surface area contributed by atoms with Crippen molar-refractivity contribution in [2.75, 3.05) is 33.7 Å². The van der Waals surface area contributed by atoms with Gasteiger partial charge in [-0.25, -0.2) is 13.2 Å². The molecule has 1 saturated heterocycles. The van der Waals surface area contributed by atoms with Crippen LogP contribution in [0.25, 0.3) is 10.1 Å². The Morgan fingerprint density at radius 2 is 1.91 bits per heavy atom. The van der Waals surface area contributed by atoms with E-state index in [9.17, 15) is 18.0 Å². The summed E-state index contributed by atoms with van der Waals surface area (Å²) in [4.78, 5) is 28.0. The van der Waals surface area contributed by atoms with E-state index in [0.29, 0.717) is 5.02 Å². The molecule has 1 aromatic heterocycles. The molecule has 3 rings (SSSR count). The third-order valence-electron chi connectivity index (χ3n) is 5.04. The van der Waals surface area contributed by atoms with Crippen molar-refractivity contribution in [2.45, 2.75) is 43.0 Å². The van der Waals surface area contributed by atoms with E-state index in [1.54, 1.807) is 59.1 Å². The largest absolute Gasteiger partial charge is 0.444 e. The molecule has 1 fully saturated rings. The molecule has 0 radical (unpaired) electrons. The number of sulfonamides is 1. The molecule has 2 amide bonds. The summed E-state index contributed by atoms with van der Waals surface area (Å²) < 4.78 is 34.6. The summed E-state index contributed by atoms with van der Waals surface area (Å²) >= 11 is 7.19. The predicted molar refractivity (Wildman–Crippen MR) is 126 cm³/mol. The molecule has 32 heavy (non-hydrogen) atoms. The number of rotatable bonds is 4. The van der Waals surface area contributed by atoms with Gasteiger partial charge in [0.15, 0.2) is 0 Å². The topological polar surface area (TPSA) is 87.2 Å². The summed E-state index contributed by atoms with van der Waals surface area (Å²) in [7, 11) is -0.555. The molecule has 8 nitrogen and oxygen atoms in total. The molecule has 0 bridgehead atoms. The Morgan fingerprint density at radius 3 is 2.53 bits per heavy atom.